The van der Waals surface area contributed by atoms with Gasteiger partial charge in [-0.05, 0) is 24.1 Å². The summed E-state index contributed by atoms with van der Waals surface area (Å²) in [5, 5.41) is 10.8. The molecule has 0 fully saturated rings. The van der Waals surface area contributed by atoms with E-state index in [-0.39, 0.29) is 5.56 Å². The summed E-state index contributed by atoms with van der Waals surface area (Å²) in [5.41, 5.74) is 1.29. The normalized spacial score (nSPS) is 13.2. The van der Waals surface area contributed by atoms with Crippen LogP contribution in [0.5, 0.6) is 0 Å². The lowest BCUT2D eigenvalue weighted by atomic mass is 10.1. The predicted octanol–water partition coefficient (Wildman–Crippen LogP) is 1.90. The van der Waals surface area contributed by atoms with Gasteiger partial charge in [0.15, 0.2) is 6.10 Å². The average Bonchev–Trinajstić information content (AvgIpc) is 2.34. The molecule has 6 heteroatoms. The molecule has 100 valence electrons. The number of hydrogen-bond donors (Lipinski definition) is 2. The highest BCUT2D eigenvalue weighted by atomic mass is 19.4. The van der Waals surface area contributed by atoms with Crippen LogP contribution in [0, 0.1) is 0 Å². The molecule has 2 N–H and O–H groups in total. The summed E-state index contributed by atoms with van der Waals surface area (Å²) in [6.07, 6.45) is -6.45. The summed E-state index contributed by atoms with van der Waals surface area (Å²) in [6, 6.07) is 6.53. The number of aliphatic hydroxyl groups excluding tert-OH is 1. The molecule has 1 amide bonds. The molecule has 0 aliphatic carbocycles. The van der Waals surface area contributed by atoms with E-state index in [2.05, 4.69) is 0 Å². The number of alkyl halides is 3. The molecule has 1 unspecified atom stereocenters. The molecule has 1 aromatic rings. The van der Waals surface area contributed by atoms with Crippen molar-refractivity contribution in [1.29, 1.82) is 0 Å². The van der Waals surface area contributed by atoms with Crippen LogP contribution in [0.2, 0.25) is 0 Å². The maximum absolute atomic E-state index is 12.0. The van der Waals surface area contributed by atoms with Gasteiger partial charge in [0, 0.05) is 5.56 Å². The van der Waals surface area contributed by atoms with E-state index in [4.69, 9.17) is 5.11 Å². The van der Waals surface area contributed by atoms with Crippen LogP contribution >= 0.6 is 0 Å². The molecule has 0 bridgehead atoms. The van der Waals surface area contributed by atoms with Gasteiger partial charge in [0.25, 0.3) is 5.91 Å². The number of carbonyl (C=O) groups excluding carboxylic acids is 1. The maximum atomic E-state index is 12.0. The lowest BCUT2D eigenvalue weighted by Gasteiger charge is -2.15. The zero-order chi connectivity index (χ0) is 13.8. The van der Waals surface area contributed by atoms with Crippen molar-refractivity contribution in [1.82, 2.24) is 5.32 Å². The molecule has 0 aliphatic heterocycles. The molecule has 3 nitrogen and oxygen atoms in total. The summed E-state index contributed by atoms with van der Waals surface area (Å²) in [7, 11) is 0. The van der Waals surface area contributed by atoms with Gasteiger partial charge in [-0.15, -0.1) is 0 Å². The number of aryl methyl sites for hydroxylation is 1. The quantitative estimate of drug-likeness (QED) is 0.869. The molecule has 0 radical (unpaired) electrons. The van der Waals surface area contributed by atoms with Gasteiger partial charge < -0.3 is 10.4 Å². The third kappa shape index (κ3) is 4.03. The highest BCUT2D eigenvalue weighted by molar-refractivity contribution is 5.94. The fraction of sp³-hybridized carbons (Fsp3) is 0.417. The number of rotatable bonds is 4. The third-order valence-corrected chi connectivity index (χ3v) is 2.46. The summed E-state index contributed by atoms with van der Waals surface area (Å²) < 4.78 is 36.0. The molecule has 1 aromatic carbocycles. The second kappa shape index (κ2) is 5.86. The Morgan fingerprint density at radius 2 is 1.89 bits per heavy atom. The van der Waals surface area contributed by atoms with E-state index in [1.807, 2.05) is 12.2 Å². The van der Waals surface area contributed by atoms with Gasteiger partial charge in [-0.2, -0.15) is 13.2 Å². The van der Waals surface area contributed by atoms with E-state index in [9.17, 15) is 18.0 Å². The summed E-state index contributed by atoms with van der Waals surface area (Å²) in [6.45, 7) is 1.10. The first-order valence-electron chi connectivity index (χ1n) is 5.46. The lowest BCUT2D eigenvalue weighted by Crippen LogP contribution is -2.40. The highest BCUT2D eigenvalue weighted by Gasteiger charge is 2.38. The van der Waals surface area contributed by atoms with E-state index < -0.39 is 24.7 Å². The van der Waals surface area contributed by atoms with Crippen molar-refractivity contribution in [3.8, 4) is 0 Å². The Balaban J connectivity index is 2.55. The Morgan fingerprint density at radius 1 is 1.33 bits per heavy atom. The van der Waals surface area contributed by atoms with Crippen LogP contribution in [0.4, 0.5) is 13.2 Å². The Kier molecular flexibility index (Phi) is 4.72. The average molecular weight is 261 g/mol. The number of aliphatic hydroxyl groups is 1. The monoisotopic (exact) mass is 261 g/mol. The minimum absolute atomic E-state index is 0.265. The predicted molar refractivity (Wildman–Crippen MR) is 60.2 cm³/mol. The summed E-state index contributed by atoms with van der Waals surface area (Å²) >= 11 is 0. The second-order valence-corrected chi connectivity index (χ2v) is 3.82. The molecule has 18 heavy (non-hydrogen) atoms. The SMILES string of the molecule is CCc1ccc(C(=O)NCC(O)C(F)(F)F)cc1. The molecular formula is C12H14F3NO2. The first-order valence-corrected chi connectivity index (χ1v) is 5.46. The Morgan fingerprint density at radius 3 is 2.33 bits per heavy atom. The van der Waals surface area contributed by atoms with Crippen molar-refractivity contribution in [2.45, 2.75) is 25.6 Å². The maximum Gasteiger partial charge on any atom is 0.416 e. The van der Waals surface area contributed by atoms with E-state index in [0.29, 0.717) is 0 Å². The van der Waals surface area contributed by atoms with Gasteiger partial charge in [0.05, 0.1) is 6.54 Å². The van der Waals surface area contributed by atoms with E-state index >= 15 is 0 Å². The molecular weight excluding hydrogens is 247 g/mol. The van der Waals surface area contributed by atoms with Crippen molar-refractivity contribution in [2.24, 2.45) is 0 Å². The van der Waals surface area contributed by atoms with Crippen LogP contribution in [-0.2, 0) is 6.42 Å². The number of halogens is 3. The number of benzene rings is 1. The number of nitrogens with one attached hydrogen (secondary N) is 1. The van der Waals surface area contributed by atoms with Gasteiger partial charge >= 0.3 is 6.18 Å². The Labute approximate surface area is 103 Å². The van der Waals surface area contributed by atoms with E-state index in [1.165, 1.54) is 12.1 Å². The van der Waals surface area contributed by atoms with Crippen LogP contribution in [0.15, 0.2) is 24.3 Å². The first-order chi connectivity index (χ1) is 8.34. The van der Waals surface area contributed by atoms with E-state index in [1.54, 1.807) is 12.1 Å². The van der Waals surface area contributed by atoms with Crippen molar-refractivity contribution in [2.75, 3.05) is 6.54 Å². The van der Waals surface area contributed by atoms with Crippen molar-refractivity contribution >= 4 is 5.91 Å². The van der Waals surface area contributed by atoms with Crippen molar-refractivity contribution < 1.29 is 23.1 Å². The Hall–Kier alpha value is -1.56. The molecule has 0 heterocycles. The lowest BCUT2D eigenvalue weighted by molar-refractivity contribution is -0.201. The van der Waals surface area contributed by atoms with Crippen LogP contribution in [0.25, 0.3) is 0 Å². The molecule has 1 rings (SSSR count). The summed E-state index contributed by atoms with van der Waals surface area (Å²) in [5.74, 6) is -0.638. The number of amides is 1. The third-order valence-electron chi connectivity index (χ3n) is 2.46. The number of hydrogen-bond acceptors (Lipinski definition) is 2. The zero-order valence-electron chi connectivity index (χ0n) is 9.79. The number of carbonyl (C=O) groups is 1. The fourth-order valence-corrected chi connectivity index (χ4v) is 1.30. The minimum atomic E-state index is -4.72. The van der Waals surface area contributed by atoms with Crippen LogP contribution < -0.4 is 5.32 Å². The van der Waals surface area contributed by atoms with Crippen LogP contribution in [-0.4, -0.2) is 29.8 Å². The zero-order valence-corrected chi connectivity index (χ0v) is 9.79. The largest absolute Gasteiger partial charge is 0.416 e. The first kappa shape index (κ1) is 14.5. The van der Waals surface area contributed by atoms with Gasteiger partial charge in [-0.1, -0.05) is 19.1 Å². The van der Waals surface area contributed by atoms with Gasteiger partial charge in [0.1, 0.15) is 0 Å². The van der Waals surface area contributed by atoms with Crippen molar-refractivity contribution in [3.63, 3.8) is 0 Å². The van der Waals surface area contributed by atoms with Crippen LogP contribution in [0.1, 0.15) is 22.8 Å². The highest BCUT2D eigenvalue weighted by Crippen LogP contribution is 2.19. The van der Waals surface area contributed by atoms with Gasteiger partial charge in [0.2, 0.25) is 0 Å². The topological polar surface area (TPSA) is 49.3 Å². The molecule has 0 saturated carbocycles. The minimum Gasteiger partial charge on any atom is -0.382 e. The van der Waals surface area contributed by atoms with Gasteiger partial charge in [-0.25, -0.2) is 0 Å². The molecule has 1 atom stereocenters. The summed E-state index contributed by atoms with van der Waals surface area (Å²) in [4.78, 5) is 11.5. The van der Waals surface area contributed by atoms with Crippen molar-refractivity contribution in [3.05, 3.63) is 35.4 Å². The van der Waals surface area contributed by atoms with Crippen LogP contribution in [0.3, 0.4) is 0 Å². The van der Waals surface area contributed by atoms with E-state index in [0.717, 1.165) is 12.0 Å². The Bertz CT molecular complexity index is 401. The standard InChI is InChI=1S/C12H14F3NO2/c1-2-8-3-5-9(6-4-8)11(18)16-7-10(17)12(13,14)15/h3-6,10,17H,2,7H2,1H3,(H,16,18). The molecule has 0 saturated heterocycles. The van der Waals surface area contributed by atoms with Gasteiger partial charge in [-0.3, -0.25) is 4.79 Å². The fourth-order valence-electron chi connectivity index (χ4n) is 1.30. The molecule has 0 aromatic heterocycles. The molecule has 0 spiro atoms. The second-order valence-electron chi connectivity index (χ2n) is 3.82. The smallest absolute Gasteiger partial charge is 0.382 e. The molecule has 0 aliphatic rings.